The summed E-state index contributed by atoms with van der Waals surface area (Å²) in [6, 6.07) is 22.7. The molecule has 27 heavy (non-hydrogen) atoms. The van der Waals surface area contributed by atoms with Gasteiger partial charge in [0.2, 0.25) is 0 Å². The van der Waals surface area contributed by atoms with Crippen LogP contribution >= 0.6 is 11.6 Å². The Bertz CT molecular complexity index is 1120. The number of hydrogen-bond acceptors (Lipinski definition) is 1. The van der Waals surface area contributed by atoms with E-state index in [0.29, 0.717) is 0 Å². The summed E-state index contributed by atoms with van der Waals surface area (Å²) in [4.78, 5) is 4.89. The summed E-state index contributed by atoms with van der Waals surface area (Å²) in [5.74, 6) is 0.943. The molecule has 0 spiro atoms. The molecule has 0 fully saturated rings. The second kappa shape index (κ2) is 7.42. The van der Waals surface area contributed by atoms with Gasteiger partial charge in [-0.05, 0) is 66.4 Å². The minimum atomic E-state index is 0.730. The summed E-state index contributed by atoms with van der Waals surface area (Å²) in [5, 5.41) is 0.755. The van der Waals surface area contributed by atoms with Gasteiger partial charge in [0.15, 0.2) is 0 Å². The predicted molar refractivity (Wildman–Crippen MR) is 115 cm³/mol. The third kappa shape index (κ3) is 3.81. The van der Waals surface area contributed by atoms with Crippen molar-refractivity contribution in [2.75, 3.05) is 0 Å². The van der Waals surface area contributed by atoms with Crippen LogP contribution < -0.4 is 0 Å². The Morgan fingerprint density at radius 1 is 0.889 bits per heavy atom. The van der Waals surface area contributed by atoms with Crippen LogP contribution in [0, 0.1) is 13.8 Å². The van der Waals surface area contributed by atoms with Crippen LogP contribution in [0.3, 0.4) is 0 Å². The molecule has 2 nitrogen and oxygen atoms in total. The zero-order valence-electron chi connectivity index (χ0n) is 15.5. The normalized spacial score (nSPS) is 11.5. The molecule has 1 aromatic heterocycles. The fourth-order valence-corrected chi connectivity index (χ4v) is 3.46. The molecule has 0 saturated heterocycles. The highest BCUT2D eigenvalue weighted by atomic mass is 35.5. The topological polar surface area (TPSA) is 17.8 Å². The Morgan fingerprint density at radius 3 is 2.44 bits per heavy atom. The molecule has 0 aliphatic rings. The van der Waals surface area contributed by atoms with Crippen molar-refractivity contribution in [3.05, 3.63) is 99.8 Å². The Hall–Kier alpha value is -2.84. The molecule has 3 aromatic carbocycles. The van der Waals surface area contributed by atoms with Gasteiger partial charge in [-0.2, -0.15) is 0 Å². The van der Waals surface area contributed by atoms with Crippen molar-refractivity contribution < 1.29 is 0 Å². The molecule has 0 atom stereocenters. The van der Waals surface area contributed by atoms with Crippen LogP contribution in [-0.2, 0) is 6.54 Å². The van der Waals surface area contributed by atoms with Crippen LogP contribution in [0.15, 0.2) is 66.7 Å². The van der Waals surface area contributed by atoms with Gasteiger partial charge in [0, 0.05) is 11.6 Å². The van der Waals surface area contributed by atoms with Gasteiger partial charge in [0.25, 0.3) is 0 Å². The van der Waals surface area contributed by atoms with Gasteiger partial charge in [0.1, 0.15) is 5.82 Å². The van der Waals surface area contributed by atoms with Crippen LogP contribution in [0.5, 0.6) is 0 Å². The largest absolute Gasteiger partial charge is 0.320 e. The molecule has 3 heteroatoms. The zero-order chi connectivity index (χ0) is 18.8. The molecule has 0 amide bonds. The average Bonchev–Trinajstić information content (AvgIpc) is 2.98. The van der Waals surface area contributed by atoms with E-state index in [1.165, 1.54) is 11.1 Å². The minimum absolute atomic E-state index is 0.730. The van der Waals surface area contributed by atoms with E-state index in [4.69, 9.17) is 16.6 Å². The lowest BCUT2D eigenvalue weighted by Gasteiger charge is -2.09. The van der Waals surface area contributed by atoms with Gasteiger partial charge in [-0.25, -0.2) is 4.98 Å². The quantitative estimate of drug-likeness (QED) is 0.398. The highest BCUT2D eigenvalue weighted by Crippen LogP contribution is 2.24. The van der Waals surface area contributed by atoms with E-state index in [9.17, 15) is 0 Å². The molecule has 0 N–H and O–H groups in total. The van der Waals surface area contributed by atoms with Gasteiger partial charge in [0.05, 0.1) is 11.0 Å². The molecular weight excluding hydrogens is 352 g/mol. The molecule has 4 aromatic rings. The predicted octanol–water partition coefficient (Wildman–Crippen LogP) is 6.53. The molecule has 4 rings (SSSR count). The van der Waals surface area contributed by atoms with Crippen molar-refractivity contribution in [3.8, 4) is 0 Å². The van der Waals surface area contributed by atoms with Crippen molar-refractivity contribution in [1.82, 2.24) is 9.55 Å². The fourth-order valence-electron chi connectivity index (χ4n) is 3.24. The lowest BCUT2D eigenvalue weighted by molar-refractivity contribution is 0.813. The van der Waals surface area contributed by atoms with E-state index in [-0.39, 0.29) is 0 Å². The van der Waals surface area contributed by atoms with E-state index in [1.807, 2.05) is 36.4 Å². The maximum Gasteiger partial charge on any atom is 0.134 e. The molecule has 0 aliphatic carbocycles. The van der Waals surface area contributed by atoms with Crippen molar-refractivity contribution >= 4 is 34.8 Å². The Morgan fingerprint density at radius 2 is 1.67 bits per heavy atom. The number of rotatable bonds is 4. The Kier molecular flexibility index (Phi) is 4.83. The van der Waals surface area contributed by atoms with E-state index >= 15 is 0 Å². The van der Waals surface area contributed by atoms with Crippen LogP contribution in [0.4, 0.5) is 0 Å². The maximum absolute atomic E-state index is 6.19. The van der Waals surface area contributed by atoms with Crippen LogP contribution in [0.2, 0.25) is 5.02 Å². The summed E-state index contributed by atoms with van der Waals surface area (Å²) < 4.78 is 2.26. The lowest BCUT2D eigenvalue weighted by atomic mass is 10.1. The van der Waals surface area contributed by atoms with Gasteiger partial charge >= 0.3 is 0 Å². The van der Waals surface area contributed by atoms with E-state index in [2.05, 4.69) is 60.9 Å². The Labute approximate surface area is 164 Å². The molecule has 0 saturated carbocycles. The standard InChI is InChI=1S/C24H21ClN2/c1-17-13-22-23(14-18(17)2)27(16-20-9-6-10-21(25)15-20)24(26-22)12-11-19-7-4-3-5-8-19/h3-15H,16H2,1-2H3. The molecule has 0 unspecified atom stereocenters. The summed E-state index contributed by atoms with van der Waals surface area (Å²) in [6.45, 7) is 5.00. The molecular formula is C24H21ClN2. The van der Waals surface area contributed by atoms with Gasteiger partial charge in [-0.15, -0.1) is 0 Å². The van der Waals surface area contributed by atoms with Crippen molar-refractivity contribution in [2.24, 2.45) is 0 Å². The summed E-state index contributed by atoms with van der Waals surface area (Å²) >= 11 is 6.19. The fraction of sp³-hybridized carbons (Fsp3) is 0.125. The van der Waals surface area contributed by atoms with Gasteiger partial charge in [-0.3, -0.25) is 0 Å². The number of aryl methyl sites for hydroxylation is 2. The molecule has 0 radical (unpaired) electrons. The minimum Gasteiger partial charge on any atom is -0.320 e. The monoisotopic (exact) mass is 372 g/mol. The first-order valence-electron chi connectivity index (χ1n) is 9.05. The SMILES string of the molecule is Cc1cc2nc(C=Cc3ccccc3)n(Cc3cccc(Cl)c3)c2cc1C. The van der Waals surface area contributed by atoms with Crippen LogP contribution in [0.1, 0.15) is 28.1 Å². The average molecular weight is 373 g/mol. The summed E-state index contributed by atoms with van der Waals surface area (Å²) in [7, 11) is 0. The summed E-state index contributed by atoms with van der Waals surface area (Å²) in [5.41, 5.74) is 7.01. The first-order chi connectivity index (χ1) is 13.1. The van der Waals surface area contributed by atoms with E-state index in [1.54, 1.807) is 0 Å². The summed E-state index contributed by atoms with van der Waals surface area (Å²) in [6.07, 6.45) is 4.19. The van der Waals surface area contributed by atoms with Gasteiger partial charge in [-0.1, -0.05) is 60.1 Å². The number of halogens is 1. The van der Waals surface area contributed by atoms with E-state index in [0.717, 1.165) is 39.6 Å². The van der Waals surface area contributed by atoms with Crippen LogP contribution in [-0.4, -0.2) is 9.55 Å². The number of aromatic nitrogens is 2. The third-order valence-electron chi connectivity index (χ3n) is 4.85. The smallest absolute Gasteiger partial charge is 0.134 e. The number of nitrogens with zero attached hydrogens (tertiary/aromatic N) is 2. The van der Waals surface area contributed by atoms with E-state index < -0.39 is 0 Å². The van der Waals surface area contributed by atoms with Crippen molar-refractivity contribution in [2.45, 2.75) is 20.4 Å². The first-order valence-corrected chi connectivity index (χ1v) is 9.43. The maximum atomic E-state index is 6.19. The third-order valence-corrected chi connectivity index (χ3v) is 5.08. The number of benzene rings is 3. The molecule has 0 bridgehead atoms. The number of fused-ring (bicyclic) bond motifs is 1. The van der Waals surface area contributed by atoms with Crippen molar-refractivity contribution in [3.63, 3.8) is 0 Å². The second-order valence-electron chi connectivity index (χ2n) is 6.86. The Balaban J connectivity index is 1.82. The van der Waals surface area contributed by atoms with Crippen LogP contribution in [0.25, 0.3) is 23.2 Å². The number of imidazole rings is 1. The van der Waals surface area contributed by atoms with Gasteiger partial charge < -0.3 is 4.57 Å². The number of hydrogen-bond donors (Lipinski definition) is 0. The highest BCUT2D eigenvalue weighted by molar-refractivity contribution is 6.30. The molecule has 134 valence electrons. The second-order valence-corrected chi connectivity index (χ2v) is 7.29. The first kappa shape index (κ1) is 17.6. The molecule has 0 aliphatic heterocycles. The van der Waals surface area contributed by atoms with Crippen molar-refractivity contribution in [1.29, 1.82) is 0 Å². The zero-order valence-corrected chi connectivity index (χ0v) is 16.2. The lowest BCUT2D eigenvalue weighted by Crippen LogP contribution is -2.02. The molecule has 1 heterocycles. The highest BCUT2D eigenvalue weighted by Gasteiger charge is 2.11.